The van der Waals surface area contributed by atoms with E-state index in [2.05, 4.69) is 41.5 Å². The Balaban J connectivity index is 3.44. The van der Waals surface area contributed by atoms with E-state index in [9.17, 15) is 0 Å². The van der Waals surface area contributed by atoms with Gasteiger partial charge in [-0.25, -0.2) is 0 Å². The van der Waals surface area contributed by atoms with Gasteiger partial charge in [-0.3, -0.25) is 0 Å². The van der Waals surface area contributed by atoms with Crippen LogP contribution in [0.2, 0.25) is 10.1 Å². The fourth-order valence-corrected chi connectivity index (χ4v) is 6.23. The van der Waals surface area contributed by atoms with Crippen LogP contribution in [-0.2, 0) is 0 Å². The zero-order valence-electron chi connectivity index (χ0n) is 16.2. The van der Waals surface area contributed by atoms with E-state index in [1.807, 2.05) is 13.0 Å². The van der Waals surface area contributed by atoms with Crippen LogP contribution in [0.4, 0.5) is 0 Å². The Morgan fingerprint density at radius 2 is 1.17 bits per heavy atom. The van der Waals surface area contributed by atoms with Crippen molar-refractivity contribution in [1.82, 2.24) is 0 Å². The van der Waals surface area contributed by atoms with Crippen LogP contribution in [0.1, 0.15) is 47.1 Å². The van der Waals surface area contributed by atoms with E-state index in [0.29, 0.717) is 17.2 Å². The molecule has 0 N–H and O–H groups in total. The van der Waals surface area contributed by atoms with Crippen molar-refractivity contribution in [2.45, 2.75) is 58.5 Å². The van der Waals surface area contributed by atoms with E-state index in [1.54, 1.807) is 21.3 Å². The number of ether oxygens (including phenoxy) is 3. The molecule has 0 aliphatic carbocycles. The largest absolute Gasteiger partial charge is 0.538 e. The molecule has 0 bridgehead atoms. The van der Waals surface area contributed by atoms with Crippen molar-refractivity contribution < 1.29 is 18.6 Å². The summed E-state index contributed by atoms with van der Waals surface area (Å²) in [5, 5.41) is 0.157. The highest BCUT2D eigenvalue weighted by Gasteiger charge is 2.42. The fourth-order valence-electron chi connectivity index (χ4n) is 3.00. The molecular weight excluding hydrogens is 308 g/mol. The topological polar surface area (TPSA) is 36.9 Å². The van der Waals surface area contributed by atoms with Gasteiger partial charge in [-0.2, -0.15) is 0 Å². The first-order valence-corrected chi connectivity index (χ1v) is 9.23. The normalized spacial score (nSPS) is 12.3. The van der Waals surface area contributed by atoms with E-state index < -0.39 is 9.04 Å². The van der Waals surface area contributed by atoms with E-state index in [-0.39, 0.29) is 10.1 Å². The van der Waals surface area contributed by atoms with Crippen LogP contribution in [0.5, 0.6) is 23.0 Å². The molecule has 0 heterocycles. The van der Waals surface area contributed by atoms with Gasteiger partial charge < -0.3 is 18.6 Å². The van der Waals surface area contributed by atoms with E-state index >= 15 is 0 Å². The maximum absolute atomic E-state index is 6.53. The zero-order chi connectivity index (χ0) is 18.0. The summed E-state index contributed by atoms with van der Waals surface area (Å²) in [4.78, 5) is 0. The van der Waals surface area contributed by atoms with Crippen LogP contribution in [-0.4, -0.2) is 30.4 Å². The van der Waals surface area contributed by atoms with Gasteiger partial charge in [-0.1, -0.05) is 41.5 Å². The molecule has 0 aliphatic heterocycles. The van der Waals surface area contributed by atoms with Gasteiger partial charge in [0.05, 0.1) is 21.3 Å². The van der Waals surface area contributed by atoms with Gasteiger partial charge in [0.15, 0.2) is 23.0 Å². The average Bonchev–Trinajstić information content (AvgIpc) is 2.41. The van der Waals surface area contributed by atoms with Crippen LogP contribution in [0, 0.1) is 6.92 Å². The molecule has 0 saturated carbocycles. The quantitative estimate of drug-likeness (QED) is 0.708. The summed E-state index contributed by atoms with van der Waals surface area (Å²) in [6.45, 7) is 15.3. The molecule has 23 heavy (non-hydrogen) atoms. The van der Waals surface area contributed by atoms with Crippen LogP contribution >= 0.6 is 0 Å². The smallest absolute Gasteiger partial charge is 0.292 e. The molecule has 4 nitrogen and oxygen atoms in total. The van der Waals surface area contributed by atoms with Crippen LogP contribution in [0.25, 0.3) is 0 Å². The van der Waals surface area contributed by atoms with Gasteiger partial charge in [0, 0.05) is 11.6 Å². The summed E-state index contributed by atoms with van der Waals surface area (Å²) in [6.07, 6.45) is 0. The third-order valence-corrected chi connectivity index (χ3v) is 6.74. The van der Waals surface area contributed by atoms with Gasteiger partial charge in [0.2, 0.25) is 0 Å². The van der Waals surface area contributed by atoms with Gasteiger partial charge in [0.1, 0.15) is 0 Å². The second-order valence-corrected chi connectivity index (χ2v) is 11.6. The maximum atomic E-state index is 6.53. The Bertz CT molecular complexity index is 527. The minimum atomic E-state index is -1.20. The van der Waals surface area contributed by atoms with Gasteiger partial charge in [0.25, 0.3) is 9.04 Å². The zero-order valence-corrected chi connectivity index (χ0v) is 17.2. The van der Waals surface area contributed by atoms with E-state index in [4.69, 9.17) is 18.6 Å². The molecule has 0 amide bonds. The molecule has 1 aromatic rings. The molecule has 0 saturated heterocycles. The summed E-state index contributed by atoms with van der Waals surface area (Å²) >= 11 is 0. The standard InChI is InChI=1S/C18H31O4Si/c1-12-15(20-9)13(19-8)11-14(16(12)21-10)22-23(17(2,3)4)18(5,6)7/h11H,1-10H3. The third kappa shape index (κ3) is 4.34. The first-order valence-electron chi connectivity index (χ1n) is 7.82. The molecule has 0 unspecified atom stereocenters. The lowest BCUT2D eigenvalue weighted by Crippen LogP contribution is -2.41. The van der Waals surface area contributed by atoms with E-state index in [1.165, 1.54) is 0 Å². The fraction of sp³-hybridized carbons (Fsp3) is 0.667. The Morgan fingerprint density at radius 3 is 1.52 bits per heavy atom. The molecule has 0 atom stereocenters. The van der Waals surface area contributed by atoms with Crippen molar-refractivity contribution in [3.05, 3.63) is 11.6 Å². The molecule has 0 spiro atoms. The summed E-state index contributed by atoms with van der Waals surface area (Å²) in [7, 11) is 3.72. The first kappa shape index (κ1) is 19.7. The Labute approximate surface area is 142 Å². The molecular formula is C18H31O4Si. The van der Waals surface area contributed by atoms with Crippen molar-refractivity contribution in [3.8, 4) is 23.0 Å². The van der Waals surface area contributed by atoms with Crippen molar-refractivity contribution in [3.63, 3.8) is 0 Å². The highest BCUT2D eigenvalue weighted by atomic mass is 28.3. The van der Waals surface area contributed by atoms with Crippen molar-refractivity contribution in [1.29, 1.82) is 0 Å². The van der Waals surface area contributed by atoms with Crippen LogP contribution in [0.3, 0.4) is 0 Å². The number of rotatable bonds is 5. The first-order chi connectivity index (χ1) is 10.5. The van der Waals surface area contributed by atoms with Gasteiger partial charge in [-0.05, 0) is 17.0 Å². The molecule has 5 heteroatoms. The molecule has 1 rings (SSSR count). The average molecular weight is 340 g/mol. The molecule has 1 radical (unpaired) electrons. The lowest BCUT2D eigenvalue weighted by Gasteiger charge is -2.38. The summed E-state index contributed by atoms with van der Waals surface area (Å²) < 4.78 is 23.0. The van der Waals surface area contributed by atoms with Crippen LogP contribution < -0.4 is 18.6 Å². The SMILES string of the molecule is COc1cc(O[Si](C(C)(C)C)C(C)(C)C)c(OC)c(C)c1OC. The number of hydrogen-bond donors (Lipinski definition) is 0. The predicted molar refractivity (Wildman–Crippen MR) is 96.6 cm³/mol. The number of methoxy groups -OCH3 is 3. The molecule has 0 fully saturated rings. The van der Waals surface area contributed by atoms with Crippen molar-refractivity contribution >= 4 is 9.04 Å². The minimum Gasteiger partial charge on any atom is -0.538 e. The highest BCUT2D eigenvalue weighted by molar-refractivity contribution is 6.59. The van der Waals surface area contributed by atoms with Crippen molar-refractivity contribution in [2.75, 3.05) is 21.3 Å². The Hall–Kier alpha value is -1.36. The molecule has 0 aromatic heterocycles. The lowest BCUT2D eigenvalue weighted by molar-refractivity contribution is 0.337. The summed E-state index contributed by atoms with van der Waals surface area (Å²) in [6, 6.07) is 1.87. The van der Waals surface area contributed by atoms with Crippen molar-refractivity contribution in [2.24, 2.45) is 0 Å². The van der Waals surface area contributed by atoms with Crippen LogP contribution in [0.15, 0.2) is 6.07 Å². The Morgan fingerprint density at radius 1 is 0.739 bits per heavy atom. The maximum Gasteiger partial charge on any atom is 0.292 e. The Kier molecular flexibility index (Phi) is 6.02. The second kappa shape index (κ2) is 7.03. The van der Waals surface area contributed by atoms with E-state index in [0.717, 1.165) is 11.3 Å². The molecule has 1 aromatic carbocycles. The number of hydrogen-bond acceptors (Lipinski definition) is 4. The van der Waals surface area contributed by atoms with Gasteiger partial charge >= 0.3 is 0 Å². The number of benzene rings is 1. The highest BCUT2D eigenvalue weighted by Crippen LogP contribution is 2.48. The third-order valence-electron chi connectivity index (χ3n) is 3.59. The monoisotopic (exact) mass is 339 g/mol. The summed E-state index contributed by atoms with van der Waals surface area (Å²) in [5.41, 5.74) is 0.883. The molecule has 131 valence electrons. The minimum absolute atomic E-state index is 0.0784. The molecule has 0 aliphatic rings. The predicted octanol–water partition coefficient (Wildman–Crippen LogP) is 4.99. The second-order valence-electron chi connectivity index (χ2n) is 7.70. The summed E-state index contributed by atoms with van der Waals surface area (Å²) in [5.74, 6) is 2.77. The van der Waals surface area contributed by atoms with Gasteiger partial charge in [-0.15, -0.1) is 0 Å². The lowest BCUT2D eigenvalue weighted by atomic mass is 10.1.